The summed E-state index contributed by atoms with van der Waals surface area (Å²) in [5.74, 6) is 1.22. The van der Waals surface area contributed by atoms with Gasteiger partial charge in [-0.3, -0.25) is 4.79 Å². The van der Waals surface area contributed by atoms with Gasteiger partial charge in [-0.25, -0.2) is 9.37 Å². The molecule has 2 aromatic carbocycles. The van der Waals surface area contributed by atoms with Crippen LogP contribution in [0.1, 0.15) is 12.5 Å². The van der Waals surface area contributed by atoms with Gasteiger partial charge >= 0.3 is 0 Å². The second kappa shape index (κ2) is 9.94. The number of carbonyl (C=O) groups is 1. The number of thioether (sulfide) groups is 1. The number of nitrogens with zero attached hydrogens (tertiary/aromatic N) is 1. The molecule has 3 rings (SSSR count). The maximum Gasteiger partial charge on any atom is 0.224 e. The van der Waals surface area contributed by atoms with Gasteiger partial charge in [0, 0.05) is 12.3 Å². The lowest BCUT2D eigenvalue weighted by atomic mass is 10.1. The lowest BCUT2D eigenvalue weighted by Gasteiger charge is -2.06. The van der Waals surface area contributed by atoms with Crippen molar-refractivity contribution in [2.45, 2.75) is 18.5 Å². The van der Waals surface area contributed by atoms with Crippen molar-refractivity contribution in [2.75, 3.05) is 18.9 Å². The number of nitrogens with one attached hydrogen (secondary N) is 2. The highest BCUT2D eigenvalue weighted by molar-refractivity contribution is 7.99. The molecule has 0 atom stereocenters. The molecule has 2 N–H and O–H groups in total. The normalized spacial score (nSPS) is 10.6. The SMILES string of the molecule is CCOc1ccc(CC(=O)NCCSc2ncc(-c3ccc(F)cc3)[nH]2)cc1. The second-order valence-electron chi connectivity index (χ2n) is 6.06. The van der Waals surface area contributed by atoms with Crippen LogP contribution in [0.4, 0.5) is 4.39 Å². The first-order valence-electron chi connectivity index (χ1n) is 9.06. The summed E-state index contributed by atoms with van der Waals surface area (Å²) in [6.07, 6.45) is 2.06. The first-order chi connectivity index (χ1) is 13.6. The molecule has 0 saturated heterocycles. The van der Waals surface area contributed by atoms with E-state index in [0.717, 1.165) is 27.7 Å². The summed E-state index contributed by atoms with van der Waals surface area (Å²) in [5.41, 5.74) is 2.66. The highest BCUT2D eigenvalue weighted by atomic mass is 32.2. The van der Waals surface area contributed by atoms with Crippen molar-refractivity contribution in [3.63, 3.8) is 0 Å². The van der Waals surface area contributed by atoms with Crippen molar-refractivity contribution >= 4 is 17.7 Å². The monoisotopic (exact) mass is 399 g/mol. The minimum atomic E-state index is -0.265. The number of imidazole rings is 1. The Balaban J connectivity index is 1.39. The number of hydrogen-bond acceptors (Lipinski definition) is 4. The summed E-state index contributed by atoms with van der Waals surface area (Å²) in [4.78, 5) is 19.6. The van der Waals surface area contributed by atoms with Crippen LogP contribution in [0, 0.1) is 5.82 Å². The van der Waals surface area contributed by atoms with Crippen LogP contribution in [-0.2, 0) is 11.2 Å². The molecule has 1 amide bonds. The molecule has 0 fully saturated rings. The Morgan fingerprint density at radius 2 is 1.93 bits per heavy atom. The van der Waals surface area contributed by atoms with Crippen molar-refractivity contribution in [2.24, 2.45) is 0 Å². The molecule has 146 valence electrons. The zero-order valence-electron chi connectivity index (χ0n) is 15.6. The number of halogens is 1. The number of ether oxygens (including phenoxy) is 1. The third-order valence-corrected chi connectivity index (χ3v) is 4.86. The molecule has 0 unspecified atom stereocenters. The largest absolute Gasteiger partial charge is 0.494 e. The Bertz CT molecular complexity index is 895. The topological polar surface area (TPSA) is 67.0 Å². The molecule has 0 spiro atoms. The molecule has 0 aliphatic heterocycles. The van der Waals surface area contributed by atoms with E-state index in [9.17, 15) is 9.18 Å². The third-order valence-electron chi connectivity index (χ3n) is 3.97. The van der Waals surface area contributed by atoms with Crippen molar-refractivity contribution in [3.05, 3.63) is 66.1 Å². The molecule has 7 heteroatoms. The van der Waals surface area contributed by atoms with Gasteiger partial charge in [0.05, 0.1) is 24.9 Å². The zero-order chi connectivity index (χ0) is 19.8. The van der Waals surface area contributed by atoms with E-state index < -0.39 is 0 Å². The number of aromatic nitrogens is 2. The van der Waals surface area contributed by atoms with Gasteiger partial charge in [-0.1, -0.05) is 23.9 Å². The maximum absolute atomic E-state index is 13.0. The van der Waals surface area contributed by atoms with Crippen molar-refractivity contribution in [1.82, 2.24) is 15.3 Å². The van der Waals surface area contributed by atoms with Gasteiger partial charge in [0.25, 0.3) is 0 Å². The Morgan fingerprint density at radius 1 is 1.18 bits per heavy atom. The van der Waals surface area contributed by atoms with Gasteiger partial charge in [0.2, 0.25) is 5.91 Å². The van der Waals surface area contributed by atoms with Gasteiger partial charge in [0.15, 0.2) is 5.16 Å². The molecule has 1 heterocycles. The first kappa shape index (κ1) is 19.9. The van der Waals surface area contributed by atoms with Crippen LogP contribution in [0.15, 0.2) is 59.9 Å². The van der Waals surface area contributed by atoms with Crippen LogP contribution in [-0.4, -0.2) is 34.8 Å². The molecule has 0 aliphatic carbocycles. The summed E-state index contributed by atoms with van der Waals surface area (Å²) in [7, 11) is 0. The van der Waals surface area contributed by atoms with Gasteiger partial charge < -0.3 is 15.0 Å². The Morgan fingerprint density at radius 3 is 2.64 bits per heavy atom. The van der Waals surface area contributed by atoms with Gasteiger partial charge in [-0.15, -0.1) is 0 Å². The average molecular weight is 399 g/mol. The van der Waals surface area contributed by atoms with E-state index in [1.165, 1.54) is 23.9 Å². The number of carbonyl (C=O) groups excluding carboxylic acids is 1. The minimum Gasteiger partial charge on any atom is -0.494 e. The van der Waals surface area contributed by atoms with Crippen LogP contribution in [0.5, 0.6) is 5.75 Å². The number of hydrogen-bond donors (Lipinski definition) is 2. The van der Waals surface area contributed by atoms with Crippen molar-refractivity contribution < 1.29 is 13.9 Å². The molecular formula is C21H22FN3O2S. The predicted octanol–water partition coefficient (Wildman–Crippen LogP) is 4.07. The number of rotatable bonds is 9. The molecule has 1 aromatic heterocycles. The lowest BCUT2D eigenvalue weighted by Crippen LogP contribution is -2.27. The number of H-pyrrole nitrogens is 1. The molecule has 0 radical (unpaired) electrons. The van der Waals surface area contributed by atoms with Crippen LogP contribution in [0.3, 0.4) is 0 Å². The molecule has 0 saturated carbocycles. The number of benzene rings is 2. The molecule has 3 aromatic rings. The summed E-state index contributed by atoms with van der Waals surface area (Å²) >= 11 is 1.52. The minimum absolute atomic E-state index is 0.0174. The van der Waals surface area contributed by atoms with E-state index in [0.29, 0.717) is 25.3 Å². The van der Waals surface area contributed by atoms with Crippen LogP contribution in [0.25, 0.3) is 11.3 Å². The standard InChI is InChI=1S/C21H22FN3O2S/c1-2-27-18-9-3-15(4-10-18)13-20(26)23-11-12-28-21-24-14-19(25-21)16-5-7-17(22)8-6-16/h3-10,14H,2,11-13H2,1H3,(H,23,26)(H,24,25). The van der Waals surface area contributed by atoms with E-state index in [-0.39, 0.29) is 11.7 Å². The number of aromatic amines is 1. The summed E-state index contributed by atoms with van der Waals surface area (Å²) < 4.78 is 18.4. The van der Waals surface area contributed by atoms with E-state index in [4.69, 9.17) is 4.74 Å². The van der Waals surface area contributed by atoms with E-state index in [1.54, 1.807) is 18.3 Å². The fourth-order valence-electron chi connectivity index (χ4n) is 2.61. The molecule has 5 nitrogen and oxygen atoms in total. The average Bonchev–Trinajstić information content (AvgIpc) is 3.16. The predicted molar refractivity (Wildman–Crippen MR) is 109 cm³/mol. The van der Waals surface area contributed by atoms with Crippen LogP contribution >= 0.6 is 11.8 Å². The van der Waals surface area contributed by atoms with Crippen molar-refractivity contribution in [3.8, 4) is 17.0 Å². The molecular weight excluding hydrogens is 377 g/mol. The molecule has 0 aliphatic rings. The summed E-state index contributed by atoms with van der Waals surface area (Å²) in [5, 5.41) is 3.68. The quantitative estimate of drug-likeness (QED) is 0.421. The zero-order valence-corrected chi connectivity index (χ0v) is 16.4. The van der Waals surface area contributed by atoms with E-state index in [1.807, 2.05) is 31.2 Å². The van der Waals surface area contributed by atoms with E-state index >= 15 is 0 Å². The molecule has 0 bridgehead atoms. The van der Waals surface area contributed by atoms with Crippen LogP contribution < -0.4 is 10.1 Å². The fraction of sp³-hybridized carbons (Fsp3) is 0.238. The Kier molecular flexibility index (Phi) is 7.08. The number of amides is 1. The summed E-state index contributed by atoms with van der Waals surface area (Å²) in [6.45, 7) is 3.11. The van der Waals surface area contributed by atoms with Crippen molar-refractivity contribution in [1.29, 1.82) is 0 Å². The Labute approximate surface area is 167 Å². The third kappa shape index (κ3) is 5.85. The van der Waals surface area contributed by atoms with E-state index in [2.05, 4.69) is 15.3 Å². The van der Waals surface area contributed by atoms with Crippen LogP contribution in [0.2, 0.25) is 0 Å². The summed E-state index contributed by atoms with van der Waals surface area (Å²) in [6, 6.07) is 13.8. The smallest absolute Gasteiger partial charge is 0.224 e. The fourth-order valence-corrected chi connectivity index (χ4v) is 3.32. The highest BCUT2D eigenvalue weighted by Crippen LogP contribution is 2.21. The Hall–Kier alpha value is -2.80. The lowest BCUT2D eigenvalue weighted by molar-refractivity contribution is -0.120. The second-order valence-corrected chi connectivity index (χ2v) is 7.14. The molecule has 28 heavy (non-hydrogen) atoms. The van der Waals surface area contributed by atoms with Gasteiger partial charge in [-0.2, -0.15) is 0 Å². The van der Waals surface area contributed by atoms with Gasteiger partial charge in [0.1, 0.15) is 11.6 Å². The highest BCUT2D eigenvalue weighted by Gasteiger charge is 2.06. The maximum atomic E-state index is 13.0. The van der Waals surface area contributed by atoms with Gasteiger partial charge in [-0.05, 0) is 54.4 Å². The first-order valence-corrected chi connectivity index (χ1v) is 10.0.